The number of aromatic amines is 1. The molecule has 4 aromatic rings. The van der Waals surface area contributed by atoms with Crippen molar-refractivity contribution in [3.8, 4) is 5.88 Å². The number of rotatable bonds is 3. The van der Waals surface area contributed by atoms with Gasteiger partial charge < -0.3 is 10.5 Å². The van der Waals surface area contributed by atoms with Crippen LogP contribution in [0.3, 0.4) is 0 Å². The molecule has 0 atom stereocenters. The summed E-state index contributed by atoms with van der Waals surface area (Å²) in [7, 11) is 0. The third kappa shape index (κ3) is 2.06. The number of H-pyrrole nitrogens is 1. The average molecular weight is 293 g/mol. The largest absolute Gasteiger partial charge is 0.471 e. The first-order valence-corrected chi connectivity index (χ1v) is 6.61. The number of nitrogens with two attached hydrogens (primary N) is 1. The molecule has 3 N–H and O–H groups in total. The summed E-state index contributed by atoms with van der Waals surface area (Å²) in [5.41, 5.74) is 8.47. The first kappa shape index (κ1) is 12.5. The molecule has 0 amide bonds. The summed E-state index contributed by atoms with van der Waals surface area (Å²) in [5.74, 6) is 0.408. The molecule has 8 nitrogen and oxygen atoms in total. The van der Waals surface area contributed by atoms with Crippen LogP contribution in [0.15, 0.2) is 36.5 Å². The smallest absolute Gasteiger partial charge is 0.249 e. The van der Waals surface area contributed by atoms with Gasteiger partial charge in [-0.15, -0.1) is 5.10 Å². The molecule has 0 saturated carbocycles. The van der Waals surface area contributed by atoms with Gasteiger partial charge in [-0.3, -0.25) is 4.98 Å². The lowest BCUT2D eigenvalue weighted by molar-refractivity contribution is 0.299. The van der Waals surface area contributed by atoms with Crippen molar-refractivity contribution < 1.29 is 4.74 Å². The molecule has 0 unspecified atom stereocenters. The topological polar surface area (TPSA) is 115 Å². The van der Waals surface area contributed by atoms with Crippen molar-refractivity contribution >= 4 is 28.0 Å². The summed E-state index contributed by atoms with van der Waals surface area (Å²) < 4.78 is 5.77. The van der Waals surface area contributed by atoms with Crippen LogP contribution in [-0.2, 0) is 6.61 Å². The summed E-state index contributed by atoms with van der Waals surface area (Å²) in [6.07, 6.45) is 1.76. The minimum absolute atomic E-state index is 0.105. The molecule has 0 aliphatic rings. The van der Waals surface area contributed by atoms with Crippen LogP contribution in [-0.4, -0.2) is 30.4 Å². The van der Waals surface area contributed by atoms with E-state index in [9.17, 15) is 0 Å². The van der Waals surface area contributed by atoms with E-state index in [-0.39, 0.29) is 5.95 Å². The summed E-state index contributed by atoms with van der Waals surface area (Å²) in [5, 5.41) is 11.3. The predicted octanol–water partition coefficient (Wildman–Crippen LogP) is 1.46. The Morgan fingerprint density at radius 1 is 1.14 bits per heavy atom. The van der Waals surface area contributed by atoms with E-state index in [1.807, 2.05) is 30.3 Å². The third-order valence-corrected chi connectivity index (χ3v) is 3.28. The Morgan fingerprint density at radius 2 is 2.09 bits per heavy atom. The molecule has 8 heteroatoms. The van der Waals surface area contributed by atoms with E-state index in [0.717, 1.165) is 16.5 Å². The number of hydrogen-bond acceptors (Lipinski definition) is 7. The molecule has 0 aliphatic carbocycles. The Labute approximate surface area is 124 Å². The average Bonchev–Trinajstić information content (AvgIpc) is 3.00. The predicted molar refractivity (Wildman–Crippen MR) is 80.0 cm³/mol. The van der Waals surface area contributed by atoms with Gasteiger partial charge in [-0.25, -0.2) is 5.10 Å². The summed E-state index contributed by atoms with van der Waals surface area (Å²) >= 11 is 0. The van der Waals surface area contributed by atoms with Crippen LogP contribution in [0.1, 0.15) is 5.56 Å². The standard InChI is InChI=1S/C14H11N7O/c15-14-17-12-11(19-21-20-12)13(18-14)22-7-8-3-1-5-10-9(8)4-2-6-16-10/h1-6H,7H2,(H3,15,17,18,19,20,21). The second kappa shape index (κ2) is 4.92. The normalized spacial score (nSPS) is 11.1. The lowest BCUT2D eigenvalue weighted by atomic mass is 10.1. The van der Waals surface area contributed by atoms with Gasteiger partial charge in [0.05, 0.1) is 5.52 Å². The first-order chi connectivity index (χ1) is 10.8. The van der Waals surface area contributed by atoms with E-state index in [4.69, 9.17) is 10.5 Å². The molecule has 22 heavy (non-hydrogen) atoms. The van der Waals surface area contributed by atoms with Crippen LogP contribution in [0.25, 0.3) is 22.1 Å². The molecule has 3 heterocycles. The molecule has 4 rings (SSSR count). The Morgan fingerprint density at radius 3 is 3.05 bits per heavy atom. The Balaban J connectivity index is 1.70. The number of nitrogens with one attached hydrogen (secondary N) is 1. The zero-order valence-corrected chi connectivity index (χ0v) is 11.4. The second-order valence-corrected chi connectivity index (χ2v) is 4.67. The van der Waals surface area contributed by atoms with Crippen LogP contribution in [0.5, 0.6) is 5.88 Å². The zero-order chi connectivity index (χ0) is 14.9. The highest BCUT2D eigenvalue weighted by Crippen LogP contribution is 2.22. The maximum Gasteiger partial charge on any atom is 0.249 e. The third-order valence-electron chi connectivity index (χ3n) is 3.28. The zero-order valence-electron chi connectivity index (χ0n) is 11.4. The van der Waals surface area contributed by atoms with Crippen molar-refractivity contribution in [1.29, 1.82) is 0 Å². The number of nitrogens with zero attached hydrogens (tertiary/aromatic N) is 5. The minimum Gasteiger partial charge on any atom is -0.471 e. The maximum atomic E-state index is 5.77. The van der Waals surface area contributed by atoms with E-state index >= 15 is 0 Å². The molecule has 0 radical (unpaired) electrons. The molecular formula is C14H11N7O. The molecule has 1 aromatic carbocycles. The van der Waals surface area contributed by atoms with Gasteiger partial charge in [0.1, 0.15) is 6.61 Å². The van der Waals surface area contributed by atoms with Crippen LogP contribution in [0.4, 0.5) is 5.95 Å². The monoisotopic (exact) mass is 293 g/mol. The highest BCUT2D eigenvalue weighted by molar-refractivity contribution is 5.82. The second-order valence-electron chi connectivity index (χ2n) is 4.67. The molecule has 0 aliphatic heterocycles. The number of nitrogen functional groups attached to an aromatic ring is 1. The number of anilines is 1. The van der Waals surface area contributed by atoms with E-state index in [2.05, 4.69) is 30.4 Å². The van der Waals surface area contributed by atoms with Gasteiger partial charge in [0.15, 0.2) is 11.2 Å². The van der Waals surface area contributed by atoms with Crippen LogP contribution < -0.4 is 10.5 Å². The van der Waals surface area contributed by atoms with Crippen molar-refractivity contribution in [3.05, 3.63) is 42.1 Å². The summed E-state index contributed by atoms with van der Waals surface area (Å²) in [6, 6.07) is 9.77. The summed E-state index contributed by atoms with van der Waals surface area (Å²) in [4.78, 5) is 12.4. The van der Waals surface area contributed by atoms with Gasteiger partial charge in [0.2, 0.25) is 11.8 Å². The van der Waals surface area contributed by atoms with Gasteiger partial charge >= 0.3 is 0 Å². The number of aromatic nitrogens is 6. The lowest BCUT2D eigenvalue weighted by Gasteiger charge is -2.08. The molecule has 0 bridgehead atoms. The minimum atomic E-state index is 0.105. The maximum absolute atomic E-state index is 5.77. The fourth-order valence-electron chi connectivity index (χ4n) is 2.28. The van der Waals surface area contributed by atoms with E-state index in [1.54, 1.807) is 6.20 Å². The number of ether oxygens (including phenoxy) is 1. The number of benzene rings is 1. The van der Waals surface area contributed by atoms with Gasteiger partial charge in [0.25, 0.3) is 0 Å². The molecular weight excluding hydrogens is 282 g/mol. The van der Waals surface area contributed by atoms with Gasteiger partial charge in [-0.05, 0) is 17.7 Å². The van der Waals surface area contributed by atoms with Crippen LogP contribution in [0.2, 0.25) is 0 Å². The van der Waals surface area contributed by atoms with Crippen molar-refractivity contribution in [2.45, 2.75) is 6.61 Å². The van der Waals surface area contributed by atoms with Crippen molar-refractivity contribution in [3.63, 3.8) is 0 Å². The number of hydrogen-bond donors (Lipinski definition) is 2. The number of fused-ring (bicyclic) bond motifs is 2. The Hall–Kier alpha value is -3.29. The van der Waals surface area contributed by atoms with Gasteiger partial charge in [0, 0.05) is 11.6 Å². The quantitative estimate of drug-likeness (QED) is 0.587. The Bertz CT molecular complexity index is 960. The molecule has 0 fully saturated rings. The molecule has 108 valence electrons. The van der Waals surface area contributed by atoms with Crippen molar-refractivity contribution in [2.75, 3.05) is 5.73 Å². The molecule has 0 spiro atoms. The molecule has 0 saturated heterocycles. The van der Waals surface area contributed by atoms with Crippen LogP contribution in [0, 0.1) is 0 Å². The highest BCUT2D eigenvalue weighted by atomic mass is 16.5. The van der Waals surface area contributed by atoms with E-state index < -0.39 is 0 Å². The van der Waals surface area contributed by atoms with E-state index in [0.29, 0.717) is 23.7 Å². The van der Waals surface area contributed by atoms with Crippen LogP contribution >= 0.6 is 0 Å². The SMILES string of the molecule is Nc1nc(OCc2cccc3ncccc23)c2nn[nH]c2n1. The van der Waals surface area contributed by atoms with E-state index in [1.165, 1.54) is 0 Å². The fraction of sp³-hybridized carbons (Fsp3) is 0.0714. The van der Waals surface area contributed by atoms with Gasteiger partial charge in [-0.1, -0.05) is 23.4 Å². The Kier molecular flexibility index (Phi) is 2.78. The first-order valence-electron chi connectivity index (χ1n) is 6.61. The summed E-state index contributed by atoms with van der Waals surface area (Å²) in [6.45, 7) is 0.321. The van der Waals surface area contributed by atoms with Gasteiger partial charge in [-0.2, -0.15) is 9.97 Å². The van der Waals surface area contributed by atoms with Crippen molar-refractivity contribution in [1.82, 2.24) is 30.4 Å². The molecule has 3 aromatic heterocycles. The number of pyridine rings is 1. The lowest BCUT2D eigenvalue weighted by Crippen LogP contribution is -2.02. The fourth-order valence-corrected chi connectivity index (χ4v) is 2.28. The highest BCUT2D eigenvalue weighted by Gasteiger charge is 2.12. The van der Waals surface area contributed by atoms with Crippen molar-refractivity contribution in [2.24, 2.45) is 0 Å².